The van der Waals surface area contributed by atoms with Gasteiger partial charge in [-0.25, -0.2) is 4.98 Å². The van der Waals surface area contributed by atoms with Crippen LogP contribution in [0.5, 0.6) is 5.88 Å². The quantitative estimate of drug-likeness (QED) is 0.885. The zero-order chi connectivity index (χ0) is 16.2. The summed E-state index contributed by atoms with van der Waals surface area (Å²) in [6.07, 6.45) is 2.43. The van der Waals surface area contributed by atoms with Gasteiger partial charge in [0.05, 0.1) is 13.2 Å². The van der Waals surface area contributed by atoms with Crippen LogP contribution >= 0.6 is 15.9 Å². The van der Waals surface area contributed by atoms with Gasteiger partial charge in [0, 0.05) is 34.4 Å². The van der Waals surface area contributed by atoms with Crippen LogP contribution in [0.3, 0.4) is 0 Å². The van der Waals surface area contributed by atoms with Crippen LogP contribution in [0.25, 0.3) is 0 Å². The minimum atomic E-state index is -0.193. The number of amides is 1. The predicted molar refractivity (Wildman–Crippen MR) is 90.9 cm³/mol. The minimum absolute atomic E-state index is 0.00920. The smallest absolute Gasteiger partial charge is 0.255 e. The third-order valence-electron chi connectivity index (χ3n) is 3.59. The highest BCUT2D eigenvalue weighted by Gasteiger charge is 2.18. The molecule has 2 heterocycles. The van der Waals surface area contributed by atoms with Crippen LogP contribution in [0, 0.1) is 6.92 Å². The Hall–Kier alpha value is -1.92. The minimum Gasteiger partial charge on any atom is -0.472 e. The Morgan fingerprint density at radius 2 is 2.26 bits per heavy atom. The SMILES string of the molecule is Cc1cc(NC(=O)c2ccnc(OC3CCOC3)c2)ccc1Br. The normalized spacial score (nSPS) is 17.0. The second kappa shape index (κ2) is 7.10. The number of ether oxygens (including phenoxy) is 2. The number of carbonyl (C=O) groups excluding carboxylic acids is 1. The molecule has 1 aliphatic heterocycles. The average Bonchev–Trinajstić information content (AvgIpc) is 3.04. The molecular weight excluding hydrogens is 360 g/mol. The van der Waals surface area contributed by atoms with Crippen molar-refractivity contribution in [3.05, 3.63) is 52.1 Å². The first-order chi connectivity index (χ1) is 11.1. The van der Waals surface area contributed by atoms with E-state index in [1.165, 1.54) is 0 Å². The highest BCUT2D eigenvalue weighted by molar-refractivity contribution is 9.10. The van der Waals surface area contributed by atoms with Gasteiger partial charge < -0.3 is 14.8 Å². The third-order valence-corrected chi connectivity index (χ3v) is 4.48. The van der Waals surface area contributed by atoms with Crippen molar-refractivity contribution in [1.29, 1.82) is 0 Å². The van der Waals surface area contributed by atoms with Crippen molar-refractivity contribution in [3.8, 4) is 5.88 Å². The molecule has 5 nitrogen and oxygen atoms in total. The van der Waals surface area contributed by atoms with Gasteiger partial charge in [-0.2, -0.15) is 0 Å². The van der Waals surface area contributed by atoms with Crippen LogP contribution in [0.4, 0.5) is 5.69 Å². The molecule has 2 aromatic rings. The van der Waals surface area contributed by atoms with Crippen molar-refractivity contribution < 1.29 is 14.3 Å². The number of hydrogen-bond donors (Lipinski definition) is 1. The number of nitrogens with zero attached hydrogens (tertiary/aromatic N) is 1. The number of nitrogens with one attached hydrogen (secondary N) is 1. The van der Waals surface area contributed by atoms with Crippen molar-refractivity contribution in [2.45, 2.75) is 19.4 Å². The summed E-state index contributed by atoms with van der Waals surface area (Å²) in [4.78, 5) is 16.5. The van der Waals surface area contributed by atoms with E-state index in [0.717, 1.165) is 22.1 Å². The van der Waals surface area contributed by atoms with E-state index in [-0.39, 0.29) is 12.0 Å². The number of aromatic nitrogens is 1. The number of carbonyl (C=O) groups is 1. The van der Waals surface area contributed by atoms with Crippen molar-refractivity contribution in [3.63, 3.8) is 0 Å². The molecule has 1 aromatic carbocycles. The molecule has 0 radical (unpaired) electrons. The Labute approximate surface area is 143 Å². The Balaban J connectivity index is 1.70. The molecule has 1 aliphatic rings. The zero-order valence-electron chi connectivity index (χ0n) is 12.7. The Morgan fingerprint density at radius 1 is 1.39 bits per heavy atom. The highest BCUT2D eigenvalue weighted by atomic mass is 79.9. The summed E-state index contributed by atoms with van der Waals surface area (Å²) < 4.78 is 12.0. The second-order valence-electron chi connectivity index (χ2n) is 5.40. The van der Waals surface area contributed by atoms with Gasteiger partial charge >= 0.3 is 0 Å². The molecule has 0 bridgehead atoms. The summed E-state index contributed by atoms with van der Waals surface area (Å²) in [6.45, 7) is 3.24. The number of pyridine rings is 1. The molecule has 1 unspecified atom stereocenters. The lowest BCUT2D eigenvalue weighted by molar-refractivity contribution is 0.102. The lowest BCUT2D eigenvalue weighted by atomic mass is 10.2. The number of anilines is 1. The molecule has 1 saturated heterocycles. The fourth-order valence-corrected chi connectivity index (χ4v) is 2.56. The van der Waals surface area contributed by atoms with Gasteiger partial charge in [0.15, 0.2) is 0 Å². The molecule has 6 heteroatoms. The molecular formula is C17H17BrN2O3. The van der Waals surface area contributed by atoms with Crippen LogP contribution in [0.15, 0.2) is 41.0 Å². The molecule has 23 heavy (non-hydrogen) atoms. The summed E-state index contributed by atoms with van der Waals surface area (Å²) in [6, 6.07) is 8.99. The molecule has 1 N–H and O–H groups in total. The fraction of sp³-hybridized carbons (Fsp3) is 0.294. The zero-order valence-corrected chi connectivity index (χ0v) is 14.3. The number of halogens is 1. The standard InChI is InChI=1S/C17H17BrN2O3/c1-11-8-13(2-3-15(11)18)20-17(21)12-4-6-19-16(9-12)23-14-5-7-22-10-14/h2-4,6,8-9,14H,5,7,10H2,1H3,(H,20,21). The molecule has 0 spiro atoms. The molecule has 3 rings (SSSR count). The maximum atomic E-state index is 12.4. The van der Waals surface area contributed by atoms with Gasteiger partial charge in [-0.15, -0.1) is 0 Å². The summed E-state index contributed by atoms with van der Waals surface area (Å²) in [7, 11) is 0. The van der Waals surface area contributed by atoms with Gasteiger partial charge in [0.1, 0.15) is 6.10 Å². The molecule has 1 aromatic heterocycles. The van der Waals surface area contributed by atoms with E-state index < -0.39 is 0 Å². The summed E-state index contributed by atoms with van der Waals surface area (Å²) in [5, 5.41) is 2.88. The topological polar surface area (TPSA) is 60.5 Å². The van der Waals surface area contributed by atoms with Gasteiger partial charge in [0.2, 0.25) is 5.88 Å². The van der Waals surface area contributed by atoms with E-state index in [2.05, 4.69) is 26.2 Å². The monoisotopic (exact) mass is 376 g/mol. The van der Waals surface area contributed by atoms with Crippen LogP contribution in [0.2, 0.25) is 0 Å². The molecule has 0 saturated carbocycles. The van der Waals surface area contributed by atoms with E-state index in [9.17, 15) is 4.79 Å². The first kappa shape index (κ1) is 16.0. The van der Waals surface area contributed by atoms with Gasteiger partial charge in [-0.3, -0.25) is 4.79 Å². The van der Waals surface area contributed by atoms with Crippen molar-refractivity contribution in [1.82, 2.24) is 4.98 Å². The predicted octanol–water partition coefficient (Wildman–Crippen LogP) is 3.57. The summed E-state index contributed by atoms with van der Waals surface area (Å²) in [5.41, 5.74) is 2.32. The van der Waals surface area contributed by atoms with E-state index in [1.807, 2.05) is 25.1 Å². The number of aryl methyl sites for hydroxylation is 1. The molecule has 120 valence electrons. The second-order valence-corrected chi connectivity index (χ2v) is 6.26. The van der Waals surface area contributed by atoms with E-state index >= 15 is 0 Å². The Kier molecular flexibility index (Phi) is 4.93. The van der Waals surface area contributed by atoms with E-state index in [1.54, 1.807) is 18.3 Å². The van der Waals surface area contributed by atoms with Crippen molar-refractivity contribution >= 4 is 27.5 Å². The van der Waals surface area contributed by atoms with Crippen LogP contribution in [0.1, 0.15) is 22.3 Å². The van der Waals surface area contributed by atoms with Crippen LogP contribution in [-0.2, 0) is 4.74 Å². The summed E-state index contributed by atoms with van der Waals surface area (Å²) >= 11 is 3.44. The Bertz CT molecular complexity index is 715. The number of hydrogen-bond acceptors (Lipinski definition) is 4. The summed E-state index contributed by atoms with van der Waals surface area (Å²) in [5.74, 6) is 0.252. The van der Waals surface area contributed by atoms with Gasteiger partial charge in [0.25, 0.3) is 5.91 Å². The number of rotatable bonds is 4. The van der Waals surface area contributed by atoms with E-state index in [4.69, 9.17) is 9.47 Å². The average molecular weight is 377 g/mol. The number of benzene rings is 1. The molecule has 1 fully saturated rings. The first-order valence-corrected chi connectivity index (χ1v) is 8.19. The van der Waals surface area contributed by atoms with Crippen LogP contribution in [-0.4, -0.2) is 30.2 Å². The van der Waals surface area contributed by atoms with Gasteiger partial charge in [-0.05, 0) is 36.8 Å². The van der Waals surface area contributed by atoms with Gasteiger partial charge in [-0.1, -0.05) is 15.9 Å². The molecule has 1 atom stereocenters. The fourth-order valence-electron chi connectivity index (χ4n) is 2.32. The van der Waals surface area contributed by atoms with Crippen molar-refractivity contribution in [2.24, 2.45) is 0 Å². The maximum absolute atomic E-state index is 12.4. The van der Waals surface area contributed by atoms with Crippen LogP contribution < -0.4 is 10.1 Å². The highest BCUT2D eigenvalue weighted by Crippen LogP contribution is 2.21. The lowest BCUT2D eigenvalue weighted by Crippen LogP contribution is -2.17. The van der Waals surface area contributed by atoms with Crippen molar-refractivity contribution in [2.75, 3.05) is 18.5 Å². The largest absolute Gasteiger partial charge is 0.472 e. The Morgan fingerprint density at radius 3 is 3.00 bits per heavy atom. The first-order valence-electron chi connectivity index (χ1n) is 7.40. The molecule has 1 amide bonds. The molecule has 0 aliphatic carbocycles. The lowest BCUT2D eigenvalue weighted by Gasteiger charge is -2.12. The third kappa shape index (κ3) is 4.09. The van der Waals surface area contributed by atoms with E-state index in [0.29, 0.717) is 24.7 Å². The maximum Gasteiger partial charge on any atom is 0.255 e.